The molecule has 0 N–H and O–H groups in total. The van der Waals surface area contributed by atoms with E-state index < -0.39 is 34.7 Å². The van der Waals surface area contributed by atoms with Gasteiger partial charge < -0.3 is 14.4 Å². The molecule has 0 saturated carbocycles. The van der Waals surface area contributed by atoms with Gasteiger partial charge in [0.15, 0.2) is 0 Å². The molecular formula is C17H15BrF4N2O3. The Balaban J connectivity index is 1.85. The van der Waals surface area contributed by atoms with Crippen LogP contribution in [0.4, 0.5) is 17.6 Å². The molecule has 27 heavy (non-hydrogen) atoms. The zero-order chi connectivity index (χ0) is 20.7. The van der Waals surface area contributed by atoms with E-state index in [4.69, 9.17) is 6.11 Å². The summed E-state index contributed by atoms with van der Waals surface area (Å²) in [6, 6.07) is 1.35. The molecule has 2 aliphatic heterocycles. The first-order chi connectivity index (χ1) is 13.0. The minimum absolute atomic E-state index is 0.0235. The van der Waals surface area contributed by atoms with Crippen molar-refractivity contribution in [3.05, 3.63) is 41.2 Å². The number of fused-ring (bicyclic) bond motifs is 1. The Bertz CT molecular complexity index is 857. The lowest BCUT2D eigenvalue weighted by Gasteiger charge is -2.23. The van der Waals surface area contributed by atoms with Crippen molar-refractivity contribution in [3.63, 3.8) is 0 Å². The second kappa shape index (κ2) is 7.49. The fourth-order valence-corrected chi connectivity index (χ4v) is 3.01. The summed E-state index contributed by atoms with van der Waals surface area (Å²) in [5, 5.41) is 0. The Morgan fingerprint density at radius 2 is 2.22 bits per heavy atom. The molecule has 1 aromatic carbocycles. The summed E-state index contributed by atoms with van der Waals surface area (Å²) in [7, 11) is 0. The Morgan fingerprint density at radius 3 is 2.93 bits per heavy atom. The molecule has 1 amide bonds. The van der Waals surface area contributed by atoms with Crippen LogP contribution in [0.2, 0.25) is 0 Å². The highest BCUT2D eigenvalue weighted by Gasteiger charge is 2.34. The molecule has 1 fully saturated rings. The highest BCUT2D eigenvalue weighted by Crippen LogP contribution is 2.27. The third-order valence-corrected chi connectivity index (χ3v) is 4.88. The topological polar surface area (TPSA) is 51.1 Å². The Hall–Kier alpha value is -2.10. The molecule has 0 radical (unpaired) electrons. The van der Waals surface area contributed by atoms with Gasteiger partial charge >= 0.3 is 6.36 Å². The summed E-state index contributed by atoms with van der Waals surface area (Å²) >= 11 is 3.28. The van der Waals surface area contributed by atoms with Crippen molar-refractivity contribution in [1.29, 1.82) is 0 Å². The van der Waals surface area contributed by atoms with Gasteiger partial charge in [-0.25, -0.2) is 9.38 Å². The predicted octanol–water partition coefficient (Wildman–Crippen LogP) is 3.57. The quantitative estimate of drug-likeness (QED) is 0.521. The molecular weight excluding hydrogens is 436 g/mol. The van der Waals surface area contributed by atoms with Crippen LogP contribution in [-0.4, -0.2) is 47.1 Å². The summed E-state index contributed by atoms with van der Waals surface area (Å²) in [4.78, 5) is 17.7. The summed E-state index contributed by atoms with van der Waals surface area (Å²) in [6.45, 7) is 1.38. The summed E-state index contributed by atoms with van der Waals surface area (Å²) in [5.41, 5.74) is -0.0141. The van der Waals surface area contributed by atoms with Gasteiger partial charge in [-0.1, -0.05) is 22.0 Å². The molecule has 0 bridgehead atoms. The molecule has 2 atom stereocenters. The van der Waals surface area contributed by atoms with E-state index in [0.717, 1.165) is 18.2 Å². The van der Waals surface area contributed by atoms with Crippen molar-refractivity contribution in [2.24, 2.45) is 4.99 Å². The molecule has 2 unspecified atom stereocenters. The number of alkyl halides is 4. The van der Waals surface area contributed by atoms with Crippen LogP contribution in [0.3, 0.4) is 0 Å². The summed E-state index contributed by atoms with van der Waals surface area (Å²) < 4.78 is 68.7. The van der Waals surface area contributed by atoms with Gasteiger partial charge in [-0.2, -0.15) is 0 Å². The average molecular weight is 452 g/mol. The first-order valence-electron chi connectivity index (χ1n) is 8.38. The lowest BCUT2D eigenvalue weighted by molar-refractivity contribution is -0.274. The minimum Gasteiger partial charge on any atom is -0.475 e. The van der Waals surface area contributed by atoms with E-state index in [0.29, 0.717) is 0 Å². The minimum atomic E-state index is -4.91. The number of hydrogen-bond donors (Lipinski definition) is 0. The third kappa shape index (κ3) is 4.60. The van der Waals surface area contributed by atoms with E-state index in [1.165, 1.54) is 11.0 Å². The molecule has 5 nitrogen and oxygen atoms in total. The molecule has 0 aromatic heterocycles. The van der Waals surface area contributed by atoms with Crippen molar-refractivity contribution in [2.45, 2.75) is 30.7 Å². The lowest BCUT2D eigenvalue weighted by atomic mass is 10.1. The monoisotopic (exact) mass is 451 g/mol. The Labute approximate surface area is 162 Å². The number of halogens is 5. The van der Waals surface area contributed by atoms with E-state index in [-0.39, 0.29) is 36.7 Å². The van der Waals surface area contributed by atoms with Gasteiger partial charge in [0.2, 0.25) is 5.90 Å². The van der Waals surface area contributed by atoms with E-state index >= 15 is 0 Å². The Kier molecular flexibility index (Phi) is 5.07. The normalized spacial score (nSPS) is 26.3. The van der Waals surface area contributed by atoms with Crippen molar-refractivity contribution < 1.29 is 33.2 Å². The summed E-state index contributed by atoms with van der Waals surface area (Å²) in [6.07, 6.45) is -3.41. The smallest absolute Gasteiger partial charge is 0.475 e. The van der Waals surface area contributed by atoms with Crippen molar-refractivity contribution >= 4 is 27.7 Å². The number of nitrogens with zero attached hydrogens (tertiary/aromatic N) is 2. The zero-order valence-electron chi connectivity index (χ0n) is 15.0. The van der Waals surface area contributed by atoms with Crippen LogP contribution in [0.5, 0.6) is 5.75 Å². The van der Waals surface area contributed by atoms with Crippen molar-refractivity contribution in [3.8, 4) is 5.75 Å². The molecule has 0 spiro atoms. The maximum absolute atomic E-state index is 14.1. The average Bonchev–Trinajstić information content (AvgIpc) is 2.70. The van der Waals surface area contributed by atoms with Crippen LogP contribution in [0.1, 0.15) is 13.9 Å². The fraction of sp³-hybridized carbons (Fsp3) is 0.412. The van der Waals surface area contributed by atoms with Crippen LogP contribution < -0.4 is 4.74 Å². The first-order valence-corrected chi connectivity index (χ1v) is 8.80. The van der Waals surface area contributed by atoms with Crippen LogP contribution >= 0.6 is 15.9 Å². The van der Waals surface area contributed by atoms with E-state index in [1.54, 1.807) is 6.92 Å². The van der Waals surface area contributed by atoms with E-state index in [9.17, 15) is 22.4 Å². The largest absolute Gasteiger partial charge is 0.573 e. The number of dihydropyridines is 1. The molecule has 10 heteroatoms. The molecule has 1 aromatic rings. The number of rotatable bonds is 3. The maximum Gasteiger partial charge on any atom is 0.573 e. The molecule has 3 rings (SSSR count). The van der Waals surface area contributed by atoms with E-state index in [1.807, 2.05) is 0 Å². The predicted molar refractivity (Wildman–Crippen MR) is 92.1 cm³/mol. The fourth-order valence-electron chi connectivity index (χ4n) is 2.64. The van der Waals surface area contributed by atoms with Gasteiger partial charge in [-0.05, 0) is 25.1 Å². The first kappa shape index (κ1) is 18.3. The molecule has 2 aliphatic rings. The number of carbonyl (C=O) groups is 1. The van der Waals surface area contributed by atoms with Crippen LogP contribution in [0.15, 0.2) is 34.8 Å². The third-order valence-electron chi connectivity index (χ3n) is 3.95. The number of amides is 1. The van der Waals surface area contributed by atoms with Gasteiger partial charge in [0, 0.05) is 12.1 Å². The highest BCUT2D eigenvalue weighted by molar-refractivity contribution is 9.09. The molecule has 146 valence electrons. The number of benzene rings is 1. The second-order valence-corrected chi connectivity index (χ2v) is 6.90. The van der Waals surface area contributed by atoms with Crippen molar-refractivity contribution in [2.75, 3.05) is 13.2 Å². The number of aliphatic imine (C=N–C) groups is 1. The summed E-state index contributed by atoms with van der Waals surface area (Å²) in [5.74, 6) is -1.84. The van der Waals surface area contributed by atoms with Gasteiger partial charge in [0.1, 0.15) is 18.2 Å². The van der Waals surface area contributed by atoms with Crippen molar-refractivity contribution in [1.82, 2.24) is 4.90 Å². The van der Waals surface area contributed by atoms with Crippen LogP contribution in [-0.2, 0) is 16.1 Å². The number of carbonyl (C=O) groups excluding carboxylic acids is 1. The number of hydrogen-bond acceptors (Lipinski definition) is 4. The standard InChI is InChI=1S/C17H15BrF4N2O3/c1-9-13(18)7-12-15(23-9)26-5-4-24(16(12)25)8-10-6-11(2-3-14(10)19)27-17(20,21)22/h2-3,6-7,9,13H,4-5,8H2,1H3/i9D. The van der Waals surface area contributed by atoms with Gasteiger partial charge in [0.05, 0.1) is 24.3 Å². The van der Waals surface area contributed by atoms with Gasteiger partial charge in [-0.3, -0.25) is 4.79 Å². The van der Waals surface area contributed by atoms with Gasteiger partial charge in [-0.15, -0.1) is 13.2 Å². The van der Waals surface area contributed by atoms with Gasteiger partial charge in [0.25, 0.3) is 5.91 Å². The SMILES string of the molecule is [2H]C1(C)N=C2OCCN(Cc3cc(OC(F)(F)F)ccc3F)C(=O)C2=CC1Br. The molecule has 0 aliphatic carbocycles. The lowest BCUT2D eigenvalue weighted by Crippen LogP contribution is -2.35. The van der Waals surface area contributed by atoms with Crippen LogP contribution in [0, 0.1) is 5.82 Å². The molecule has 1 saturated heterocycles. The second-order valence-electron chi connectivity index (χ2n) is 5.92. The Morgan fingerprint density at radius 1 is 1.48 bits per heavy atom. The highest BCUT2D eigenvalue weighted by atomic mass is 79.9. The zero-order valence-corrected chi connectivity index (χ0v) is 15.6. The number of ether oxygens (including phenoxy) is 2. The maximum atomic E-state index is 14.1. The molecule has 2 heterocycles. The van der Waals surface area contributed by atoms with Crippen LogP contribution in [0.25, 0.3) is 0 Å². The van der Waals surface area contributed by atoms with E-state index in [2.05, 4.69) is 25.7 Å².